The van der Waals surface area contributed by atoms with Crippen molar-refractivity contribution in [3.63, 3.8) is 0 Å². The molecule has 1 aliphatic rings. The largest absolute Gasteiger partial charge is 0.381 e. The first kappa shape index (κ1) is 25.6. The minimum Gasteiger partial charge on any atom is -0.381 e. The average molecular weight is 520 g/mol. The highest BCUT2D eigenvalue weighted by molar-refractivity contribution is 14.0. The fourth-order valence-electron chi connectivity index (χ4n) is 3.34. The van der Waals surface area contributed by atoms with Gasteiger partial charge in [-0.05, 0) is 56.2 Å². The van der Waals surface area contributed by atoms with E-state index in [0.717, 1.165) is 57.1 Å². The molecule has 1 heterocycles. The number of nitrogens with two attached hydrogens (primary N) is 1. The molecule has 29 heavy (non-hydrogen) atoms. The fraction of sp³-hybridized carbons (Fsp3) is 0.619. The molecule has 1 atom stereocenters. The van der Waals surface area contributed by atoms with E-state index in [1.54, 1.807) is 12.1 Å². The number of rotatable bonds is 9. The van der Waals surface area contributed by atoms with Gasteiger partial charge in [0.2, 0.25) is 5.91 Å². The van der Waals surface area contributed by atoms with Crippen molar-refractivity contribution >= 4 is 35.8 Å². The van der Waals surface area contributed by atoms with E-state index in [2.05, 4.69) is 15.2 Å². The minimum absolute atomic E-state index is 0. The number of carbonyl (C=O) groups excluding carboxylic acids is 1. The van der Waals surface area contributed by atoms with Crippen LogP contribution in [0.5, 0.6) is 0 Å². The van der Waals surface area contributed by atoms with Gasteiger partial charge in [-0.1, -0.05) is 12.1 Å². The predicted octanol–water partition coefficient (Wildman–Crippen LogP) is 2.80. The van der Waals surface area contributed by atoms with Gasteiger partial charge in [-0.3, -0.25) is 9.79 Å². The molecule has 1 fully saturated rings. The normalized spacial score (nSPS) is 16.0. The third-order valence-corrected chi connectivity index (χ3v) is 5.17. The van der Waals surface area contributed by atoms with Gasteiger partial charge in [0.25, 0.3) is 0 Å². The van der Waals surface area contributed by atoms with Gasteiger partial charge in [0.1, 0.15) is 5.82 Å². The first-order valence-corrected chi connectivity index (χ1v) is 10.1. The SMILES string of the molecule is CCNC(=NCC(Cc1ccc(F)cc1)C(N)=O)N(C)CCC1CCOCC1.I. The third kappa shape index (κ3) is 9.29. The fourth-order valence-corrected chi connectivity index (χ4v) is 3.34. The lowest BCUT2D eigenvalue weighted by Crippen LogP contribution is -2.41. The molecule has 0 bridgehead atoms. The van der Waals surface area contributed by atoms with Crippen LogP contribution in [0, 0.1) is 17.7 Å². The lowest BCUT2D eigenvalue weighted by molar-refractivity contribution is -0.121. The van der Waals surface area contributed by atoms with Crippen LogP contribution in [-0.4, -0.2) is 56.7 Å². The second-order valence-electron chi connectivity index (χ2n) is 7.39. The Balaban J connectivity index is 0.00000420. The summed E-state index contributed by atoms with van der Waals surface area (Å²) in [4.78, 5) is 18.6. The van der Waals surface area contributed by atoms with E-state index in [1.807, 2.05) is 14.0 Å². The van der Waals surface area contributed by atoms with Crippen molar-refractivity contribution < 1.29 is 13.9 Å². The lowest BCUT2D eigenvalue weighted by atomic mass is 9.96. The Morgan fingerprint density at radius 1 is 1.34 bits per heavy atom. The van der Waals surface area contributed by atoms with Crippen molar-refractivity contribution in [1.82, 2.24) is 10.2 Å². The minimum atomic E-state index is -0.428. The van der Waals surface area contributed by atoms with E-state index in [9.17, 15) is 9.18 Å². The van der Waals surface area contributed by atoms with Gasteiger partial charge < -0.3 is 20.7 Å². The van der Waals surface area contributed by atoms with E-state index in [-0.39, 0.29) is 29.8 Å². The van der Waals surface area contributed by atoms with Crippen molar-refractivity contribution in [1.29, 1.82) is 0 Å². The standard InChI is InChI=1S/C21H33FN4O2.HI/c1-3-24-21(26(2)11-8-16-9-12-28-13-10-16)25-15-18(20(23)27)14-17-4-6-19(22)7-5-17;/h4-7,16,18H,3,8-15H2,1-2H3,(H2,23,27)(H,24,25);1H. The first-order chi connectivity index (χ1) is 13.5. The number of halogens is 2. The Morgan fingerprint density at radius 2 is 2.00 bits per heavy atom. The second kappa shape index (κ2) is 13.7. The van der Waals surface area contributed by atoms with Crippen molar-refractivity contribution in [2.75, 3.05) is 39.9 Å². The second-order valence-corrected chi connectivity index (χ2v) is 7.39. The van der Waals surface area contributed by atoms with Gasteiger partial charge in [-0.25, -0.2) is 4.39 Å². The van der Waals surface area contributed by atoms with E-state index in [0.29, 0.717) is 18.9 Å². The zero-order valence-corrected chi connectivity index (χ0v) is 19.7. The number of nitrogens with one attached hydrogen (secondary N) is 1. The average Bonchev–Trinajstić information content (AvgIpc) is 2.70. The molecule has 8 heteroatoms. The molecule has 1 aliphatic heterocycles. The van der Waals surface area contributed by atoms with E-state index in [4.69, 9.17) is 10.5 Å². The summed E-state index contributed by atoms with van der Waals surface area (Å²) in [6.07, 6.45) is 3.77. The topological polar surface area (TPSA) is 79.9 Å². The van der Waals surface area contributed by atoms with Crippen LogP contribution in [0.15, 0.2) is 29.3 Å². The van der Waals surface area contributed by atoms with Gasteiger partial charge in [0, 0.05) is 33.4 Å². The summed E-state index contributed by atoms with van der Waals surface area (Å²) < 4.78 is 18.5. The van der Waals surface area contributed by atoms with Crippen LogP contribution < -0.4 is 11.1 Å². The Labute approximate surface area is 190 Å². The van der Waals surface area contributed by atoms with Crippen molar-refractivity contribution in [3.05, 3.63) is 35.6 Å². The summed E-state index contributed by atoms with van der Waals surface area (Å²) >= 11 is 0. The van der Waals surface area contributed by atoms with Crippen molar-refractivity contribution in [2.24, 2.45) is 22.6 Å². The maximum absolute atomic E-state index is 13.1. The molecule has 1 saturated heterocycles. The Kier molecular flexibility index (Phi) is 12.1. The molecule has 0 radical (unpaired) electrons. The zero-order valence-electron chi connectivity index (χ0n) is 17.4. The van der Waals surface area contributed by atoms with Crippen LogP contribution in [-0.2, 0) is 16.0 Å². The smallest absolute Gasteiger partial charge is 0.222 e. The number of benzene rings is 1. The summed E-state index contributed by atoms with van der Waals surface area (Å²) in [5.41, 5.74) is 6.45. The van der Waals surface area contributed by atoms with Gasteiger partial charge in [-0.15, -0.1) is 24.0 Å². The summed E-state index contributed by atoms with van der Waals surface area (Å²) in [7, 11) is 2.01. The number of aliphatic imine (C=N–C) groups is 1. The number of carbonyl (C=O) groups is 1. The number of hydrogen-bond acceptors (Lipinski definition) is 3. The molecule has 1 aromatic rings. The highest BCUT2D eigenvalue weighted by Gasteiger charge is 2.18. The Morgan fingerprint density at radius 3 is 2.59 bits per heavy atom. The van der Waals surface area contributed by atoms with Crippen LogP contribution in [0.3, 0.4) is 0 Å². The molecule has 1 amide bonds. The molecule has 6 nitrogen and oxygen atoms in total. The van der Waals surface area contributed by atoms with Gasteiger partial charge in [-0.2, -0.15) is 0 Å². The zero-order chi connectivity index (χ0) is 20.4. The summed E-state index contributed by atoms with van der Waals surface area (Å²) in [6, 6.07) is 6.15. The monoisotopic (exact) mass is 520 g/mol. The summed E-state index contributed by atoms with van der Waals surface area (Å²) in [5.74, 6) is 0.352. The Hall–Kier alpha value is -1.42. The molecule has 0 aliphatic carbocycles. The van der Waals surface area contributed by atoms with E-state index in [1.165, 1.54) is 12.1 Å². The van der Waals surface area contributed by atoms with Crippen LogP contribution >= 0.6 is 24.0 Å². The van der Waals surface area contributed by atoms with Crippen molar-refractivity contribution in [3.8, 4) is 0 Å². The number of hydrogen-bond donors (Lipinski definition) is 2. The van der Waals surface area contributed by atoms with Gasteiger partial charge in [0.15, 0.2) is 5.96 Å². The number of amides is 1. The molecule has 1 aromatic carbocycles. The van der Waals surface area contributed by atoms with Crippen LogP contribution in [0.2, 0.25) is 0 Å². The third-order valence-electron chi connectivity index (χ3n) is 5.17. The predicted molar refractivity (Wildman–Crippen MR) is 125 cm³/mol. The number of primary amides is 1. The molecule has 164 valence electrons. The molecule has 0 aromatic heterocycles. The van der Waals surface area contributed by atoms with E-state index >= 15 is 0 Å². The quantitative estimate of drug-likeness (QED) is 0.298. The maximum Gasteiger partial charge on any atom is 0.222 e. The molecular formula is C21H34FIN4O2. The van der Waals surface area contributed by atoms with Crippen LogP contribution in [0.25, 0.3) is 0 Å². The molecule has 2 rings (SSSR count). The van der Waals surface area contributed by atoms with Gasteiger partial charge >= 0.3 is 0 Å². The Bertz CT molecular complexity index is 636. The van der Waals surface area contributed by atoms with Crippen LogP contribution in [0.4, 0.5) is 4.39 Å². The molecule has 0 saturated carbocycles. The number of guanidine groups is 1. The van der Waals surface area contributed by atoms with Gasteiger partial charge in [0.05, 0.1) is 12.5 Å². The van der Waals surface area contributed by atoms with E-state index < -0.39 is 11.8 Å². The molecule has 3 N–H and O–H groups in total. The molecular weight excluding hydrogens is 486 g/mol. The molecule has 0 spiro atoms. The first-order valence-electron chi connectivity index (χ1n) is 10.1. The summed E-state index contributed by atoms with van der Waals surface area (Å²) in [5, 5.41) is 3.29. The lowest BCUT2D eigenvalue weighted by Gasteiger charge is -2.27. The highest BCUT2D eigenvalue weighted by Crippen LogP contribution is 2.18. The number of nitrogens with zero attached hydrogens (tertiary/aromatic N) is 2. The molecule has 1 unspecified atom stereocenters. The maximum atomic E-state index is 13.1. The summed E-state index contributed by atoms with van der Waals surface area (Å²) in [6.45, 7) is 5.68. The number of ether oxygens (including phenoxy) is 1. The van der Waals surface area contributed by atoms with Crippen LogP contribution in [0.1, 0.15) is 31.7 Å². The van der Waals surface area contributed by atoms with Crippen molar-refractivity contribution in [2.45, 2.75) is 32.6 Å². The highest BCUT2D eigenvalue weighted by atomic mass is 127.